The van der Waals surface area contributed by atoms with Crippen molar-refractivity contribution in [1.29, 1.82) is 0 Å². The molecular formula is C21H25ClN2O3. The second-order valence-electron chi connectivity index (χ2n) is 6.55. The van der Waals surface area contributed by atoms with E-state index in [9.17, 15) is 4.79 Å². The maximum Gasteiger partial charge on any atom is 0.224 e. The van der Waals surface area contributed by atoms with Crippen LogP contribution in [0, 0.1) is 0 Å². The monoisotopic (exact) mass is 388 g/mol. The van der Waals surface area contributed by atoms with Crippen LogP contribution in [0.5, 0.6) is 5.75 Å². The van der Waals surface area contributed by atoms with Crippen LogP contribution in [0.4, 0.5) is 0 Å². The number of hydrogen-bond acceptors (Lipinski definition) is 4. The summed E-state index contributed by atoms with van der Waals surface area (Å²) in [5.41, 5.74) is 2.07. The molecule has 1 aliphatic heterocycles. The molecule has 0 spiro atoms. The van der Waals surface area contributed by atoms with Gasteiger partial charge in [-0.05, 0) is 35.4 Å². The zero-order valence-corrected chi connectivity index (χ0v) is 16.2. The van der Waals surface area contributed by atoms with Crippen LogP contribution in [0.3, 0.4) is 0 Å². The van der Waals surface area contributed by atoms with Crippen molar-refractivity contribution in [2.24, 2.45) is 0 Å². The highest BCUT2D eigenvalue weighted by atomic mass is 35.5. The van der Waals surface area contributed by atoms with E-state index in [4.69, 9.17) is 21.1 Å². The first-order chi connectivity index (χ1) is 13.2. The van der Waals surface area contributed by atoms with E-state index in [0.29, 0.717) is 31.2 Å². The van der Waals surface area contributed by atoms with Gasteiger partial charge in [0.1, 0.15) is 5.75 Å². The Bertz CT molecular complexity index is 745. The molecule has 0 aliphatic carbocycles. The van der Waals surface area contributed by atoms with Gasteiger partial charge >= 0.3 is 0 Å². The van der Waals surface area contributed by atoms with Gasteiger partial charge in [0.25, 0.3) is 0 Å². The van der Waals surface area contributed by atoms with Gasteiger partial charge < -0.3 is 14.8 Å². The molecule has 1 fully saturated rings. The lowest BCUT2D eigenvalue weighted by Crippen LogP contribution is -2.44. The summed E-state index contributed by atoms with van der Waals surface area (Å²) in [5.74, 6) is 0.753. The zero-order valence-electron chi connectivity index (χ0n) is 15.5. The van der Waals surface area contributed by atoms with Crippen LogP contribution in [-0.4, -0.2) is 50.8 Å². The number of carbonyl (C=O) groups is 1. The lowest BCUT2D eigenvalue weighted by molar-refractivity contribution is -0.120. The molecule has 0 bridgehead atoms. The van der Waals surface area contributed by atoms with E-state index in [1.807, 2.05) is 48.5 Å². The van der Waals surface area contributed by atoms with E-state index in [0.717, 1.165) is 30.0 Å². The van der Waals surface area contributed by atoms with Crippen molar-refractivity contribution in [2.75, 3.05) is 40.0 Å². The molecule has 3 rings (SSSR count). The van der Waals surface area contributed by atoms with E-state index in [1.54, 1.807) is 7.11 Å². The summed E-state index contributed by atoms with van der Waals surface area (Å²) in [6.07, 6.45) is 0.327. The third-order valence-electron chi connectivity index (χ3n) is 4.73. The first-order valence-electron chi connectivity index (χ1n) is 9.12. The van der Waals surface area contributed by atoms with Crippen molar-refractivity contribution in [3.05, 3.63) is 64.7 Å². The summed E-state index contributed by atoms with van der Waals surface area (Å²) in [6, 6.07) is 15.5. The van der Waals surface area contributed by atoms with Crippen LogP contribution >= 0.6 is 11.6 Å². The number of carbonyl (C=O) groups excluding carboxylic acids is 1. The van der Waals surface area contributed by atoms with Crippen molar-refractivity contribution < 1.29 is 14.3 Å². The van der Waals surface area contributed by atoms with Crippen LogP contribution in [-0.2, 0) is 16.0 Å². The summed E-state index contributed by atoms with van der Waals surface area (Å²) >= 11 is 6.03. The van der Waals surface area contributed by atoms with Gasteiger partial charge in [0, 0.05) is 24.7 Å². The first-order valence-corrected chi connectivity index (χ1v) is 9.50. The normalized spacial score (nSPS) is 15.9. The highest BCUT2D eigenvalue weighted by Gasteiger charge is 2.23. The Morgan fingerprint density at radius 3 is 2.67 bits per heavy atom. The average molecular weight is 389 g/mol. The molecule has 2 aromatic carbocycles. The second-order valence-corrected chi connectivity index (χ2v) is 6.98. The first kappa shape index (κ1) is 19.7. The molecule has 1 atom stereocenters. The average Bonchev–Trinajstić information content (AvgIpc) is 2.70. The largest absolute Gasteiger partial charge is 0.497 e. The topological polar surface area (TPSA) is 50.8 Å². The van der Waals surface area contributed by atoms with Crippen LogP contribution < -0.4 is 10.1 Å². The van der Waals surface area contributed by atoms with Crippen molar-refractivity contribution in [3.8, 4) is 5.75 Å². The number of rotatable bonds is 7. The maximum absolute atomic E-state index is 12.5. The summed E-state index contributed by atoms with van der Waals surface area (Å²) in [7, 11) is 1.62. The minimum atomic E-state index is -0.00419. The number of hydrogen-bond donors (Lipinski definition) is 1. The van der Waals surface area contributed by atoms with Gasteiger partial charge in [0.05, 0.1) is 32.8 Å². The Morgan fingerprint density at radius 1 is 1.22 bits per heavy atom. The molecule has 6 heteroatoms. The number of morpholine rings is 1. The fourth-order valence-corrected chi connectivity index (χ4v) is 3.40. The standard InChI is InChI=1S/C21H25ClN2O3/c1-26-19-4-2-3-16(13-19)14-21(25)23-15-20(24-9-11-27-12-10-24)17-5-7-18(22)8-6-17/h2-8,13,20H,9-12,14-15H2,1H3,(H,23,25). The second kappa shape index (κ2) is 9.74. The molecule has 1 N–H and O–H groups in total. The minimum absolute atomic E-state index is 0.00419. The number of halogens is 1. The number of nitrogens with one attached hydrogen (secondary N) is 1. The predicted octanol–water partition coefficient (Wildman–Crippen LogP) is 3.08. The fourth-order valence-electron chi connectivity index (χ4n) is 3.27. The molecule has 1 saturated heterocycles. The summed E-state index contributed by atoms with van der Waals surface area (Å²) in [6.45, 7) is 3.66. The van der Waals surface area contributed by atoms with Crippen LogP contribution in [0.25, 0.3) is 0 Å². The zero-order chi connectivity index (χ0) is 19.1. The van der Waals surface area contributed by atoms with Gasteiger partial charge in [-0.15, -0.1) is 0 Å². The predicted molar refractivity (Wildman–Crippen MR) is 106 cm³/mol. The van der Waals surface area contributed by atoms with Gasteiger partial charge in [-0.25, -0.2) is 0 Å². The van der Waals surface area contributed by atoms with Gasteiger partial charge in [-0.3, -0.25) is 9.69 Å². The van der Waals surface area contributed by atoms with Crippen molar-refractivity contribution >= 4 is 17.5 Å². The molecular weight excluding hydrogens is 364 g/mol. The molecule has 0 aromatic heterocycles. The Morgan fingerprint density at radius 2 is 1.96 bits per heavy atom. The molecule has 1 aliphatic rings. The third-order valence-corrected chi connectivity index (χ3v) is 4.98. The van der Waals surface area contributed by atoms with E-state index >= 15 is 0 Å². The number of amides is 1. The molecule has 5 nitrogen and oxygen atoms in total. The minimum Gasteiger partial charge on any atom is -0.497 e. The molecule has 1 unspecified atom stereocenters. The van der Waals surface area contributed by atoms with Gasteiger partial charge in [0.15, 0.2) is 0 Å². The number of ether oxygens (including phenoxy) is 2. The molecule has 0 radical (unpaired) electrons. The van der Waals surface area contributed by atoms with Crippen molar-refractivity contribution in [2.45, 2.75) is 12.5 Å². The summed E-state index contributed by atoms with van der Waals surface area (Å²) in [4.78, 5) is 14.8. The SMILES string of the molecule is COc1cccc(CC(=O)NCC(c2ccc(Cl)cc2)N2CCOCC2)c1. The summed E-state index contributed by atoms with van der Waals surface area (Å²) in [5, 5.41) is 3.79. The highest BCUT2D eigenvalue weighted by Crippen LogP contribution is 2.23. The highest BCUT2D eigenvalue weighted by molar-refractivity contribution is 6.30. The molecule has 1 heterocycles. The Hall–Kier alpha value is -2.08. The Labute approximate surface area is 165 Å². The maximum atomic E-state index is 12.5. The van der Waals surface area contributed by atoms with Crippen LogP contribution in [0.1, 0.15) is 17.2 Å². The number of benzene rings is 2. The summed E-state index contributed by atoms with van der Waals surface area (Å²) < 4.78 is 10.7. The van der Waals surface area contributed by atoms with Crippen LogP contribution in [0.15, 0.2) is 48.5 Å². The van der Waals surface area contributed by atoms with E-state index < -0.39 is 0 Å². The molecule has 27 heavy (non-hydrogen) atoms. The van der Waals surface area contributed by atoms with Crippen LogP contribution in [0.2, 0.25) is 5.02 Å². The van der Waals surface area contributed by atoms with Gasteiger partial charge in [-0.2, -0.15) is 0 Å². The molecule has 0 saturated carbocycles. The lowest BCUT2D eigenvalue weighted by atomic mass is 10.0. The quantitative estimate of drug-likeness (QED) is 0.792. The van der Waals surface area contributed by atoms with E-state index in [2.05, 4.69) is 10.2 Å². The molecule has 2 aromatic rings. The number of methoxy groups -OCH3 is 1. The Kier molecular flexibility index (Phi) is 7.10. The fraction of sp³-hybridized carbons (Fsp3) is 0.381. The van der Waals surface area contributed by atoms with Gasteiger partial charge in [0.2, 0.25) is 5.91 Å². The molecule has 144 valence electrons. The third kappa shape index (κ3) is 5.70. The number of nitrogens with zero attached hydrogens (tertiary/aromatic N) is 1. The van der Waals surface area contributed by atoms with Crippen molar-refractivity contribution in [3.63, 3.8) is 0 Å². The smallest absolute Gasteiger partial charge is 0.224 e. The van der Waals surface area contributed by atoms with Gasteiger partial charge in [-0.1, -0.05) is 35.9 Å². The molecule has 1 amide bonds. The lowest BCUT2D eigenvalue weighted by Gasteiger charge is -2.35. The van der Waals surface area contributed by atoms with E-state index in [1.165, 1.54) is 0 Å². The van der Waals surface area contributed by atoms with E-state index in [-0.39, 0.29) is 11.9 Å². The Balaban J connectivity index is 1.64. The van der Waals surface area contributed by atoms with Crippen molar-refractivity contribution in [1.82, 2.24) is 10.2 Å².